The van der Waals surface area contributed by atoms with E-state index in [9.17, 15) is 13.6 Å². The van der Waals surface area contributed by atoms with Crippen molar-refractivity contribution in [1.82, 2.24) is 9.97 Å². The first-order valence-corrected chi connectivity index (χ1v) is 10.3. The summed E-state index contributed by atoms with van der Waals surface area (Å²) in [5, 5.41) is 5.39. The molecule has 1 N–H and O–H groups in total. The van der Waals surface area contributed by atoms with Gasteiger partial charge >= 0.3 is 5.97 Å². The first kappa shape index (κ1) is 21.1. The highest BCUT2D eigenvalue weighted by Gasteiger charge is 2.14. The van der Waals surface area contributed by atoms with Gasteiger partial charge < -0.3 is 14.8 Å². The molecule has 0 fully saturated rings. The maximum atomic E-state index is 13.8. The number of aromatic nitrogens is 2. The Labute approximate surface area is 178 Å². The highest BCUT2D eigenvalue weighted by atomic mass is 79.9. The van der Waals surface area contributed by atoms with Gasteiger partial charge in [-0.15, -0.1) is 11.3 Å². The number of halogens is 3. The number of anilines is 2. The van der Waals surface area contributed by atoms with Crippen molar-refractivity contribution in [2.75, 3.05) is 11.9 Å². The maximum Gasteiger partial charge on any atom is 0.306 e. The summed E-state index contributed by atoms with van der Waals surface area (Å²) in [5.74, 6) is -1.83. The molecular weight excluding hydrogens is 468 g/mol. The molecular formula is C19H16BrF2N3O3S. The SMILES string of the molecule is CCOC(=O)CCc1csc(Nc2cc(Oc3c(F)cccc3F)c(Br)cn2)n1. The molecule has 2 heterocycles. The van der Waals surface area contributed by atoms with Gasteiger partial charge in [0.25, 0.3) is 0 Å². The number of hydrogen-bond donors (Lipinski definition) is 1. The molecule has 0 aliphatic carbocycles. The molecule has 0 saturated carbocycles. The van der Waals surface area contributed by atoms with Crippen molar-refractivity contribution in [2.24, 2.45) is 0 Å². The zero-order chi connectivity index (χ0) is 20.8. The molecule has 0 unspecified atom stereocenters. The number of aryl methyl sites for hydroxylation is 1. The number of thiazole rings is 1. The monoisotopic (exact) mass is 483 g/mol. The number of nitrogens with one attached hydrogen (secondary N) is 1. The van der Waals surface area contributed by atoms with E-state index in [1.54, 1.807) is 6.92 Å². The molecule has 6 nitrogen and oxygen atoms in total. The predicted octanol–water partition coefficient (Wildman–Crippen LogP) is 5.61. The second-order valence-electron chi connectivity index (χ2n) is 5.73. The van der Waals surface area contributed by atoms with Crippen LogP contribution in [0.25, 0.3) is 0 Å². The largest absolute Gasteiger partial charge is 0.466 e. The van der Waals surface area contributed by atoms with Crippen molar-refractivity contribution in [3.8, 4) is 11.5 Å². The van der Waals surface area contributed by atoms with Crippen molar-refractivity contribution in [3.63, 3.8) is 0 Å². The molecule has 0 saturated heterocycles. The second-order valence-corrected chi connectivity index (χ2v) is 7.44. The van der Waals surface area contributed by atoms with Crippen molar-refractivity contribution >= 4 is 44.2 Å². The van der Waals surface area contributed by atoms with Crippen LogP contribution in [0.1, 0.15) is 19.0 Å². The summed E-state index contributed by atoms with van der Waals surface area (Å²) in [6.45, 7) is 2.10. The Balaban J connectivity index is 1.70. The predicted molar refractivity (Wildman–Crippen MR) is 109 cm³/mol. The van der Waals surface area contributed by atoms with Crippen molar-refractivity contribution in [2.45, 2.75) is 19.8 Å². The highest BCUT2D eigenvalue weighted by molar-refractivity contribution is 9.10. The summed E-state index contributed by atoms with van der Waals surface area (Å²) in [4.78, 5) is 20.0. The van der Waals surface area contributed by atoms with E-state index in [0.717, 1.165) is 17.8 Å². The number of carbonyl (C=O) groups is 1. The molecule has 0 spiro atoms. The minimum absolute atomic E-state index is 0.186. The van der Waals surface area contributed by atoms with Crippen molar-refractivity contribution in [1.29, 1.82) is 0 Å². The first-order valence-electron chi connectivity index (χ1n) is 8.60. The molecule has 0 amide bonds. The molecule has 1 aromatic carbocycles. The Morgan fingerprint density at radius 2 is 2.07 bits per heavy atom. The fourth-order valence-corrected chi connectivity index (χ4v) is 3.36. The Kier molecular flexibility index (Phi) is 7.10. The maximum absolute atomic E-state index is 13.8. The quantitative estimate of drug-likeness (QED) is 0.419. The lowest BCUT2D eigenvalue weighted by molar-refractivity contribution is -0.143. The van der Waals surface area contributed by atoms with E-state index in [1.807, 2.05) is 5.38 Å². The minimum Gasteiger partial charge on any atom is -0.466 e. The second kappa shape index (κ2) is 9.75. The Bertz CT molecular complexity index is 996. The van der Waals surface area contributed by atoms with Gasteiger partial charge in [-0.3, -0.25) is 4.79 Å². The van der Waals surface area contributed by atoms with E-state index in [2.05, 4.69) is 31.2 Å². The van der Waals surface area contributed by atoms with E-state index in [4.69, 9.17) is 9.47 Å². The number of benzene rings is 1. The van der Waals surface area contributed by atoms with Crippen LogP contribution in [0.2, 0.25) is 0 Å². The molecule has 3 aromatic rings. The summed E-state index contributed by atoms with van der Waals surface area (Å²) >= 11 is 4.60. The van der Waals surface area contributed by atoms with E-state index in [1.165, 1.54) is 29.7 Å². The minimum atomic E-state index is -0.811. The molecule has 0 bridgehead atoms. The normalized spacial score (nSPS) is 10.6. The Morgan fingerprint density at radius 1 is 1.31 bits per heavy atom. The Morgan fingerprint density at radius 3 is 2.79 bits per heavy atom. The number of esters is 1. The number of hydrogen-bond acceptors (Lipinski definition) is 7. The average Bonchev–Trinajstić information content (AvgIpc) is 3.13. The number of carbonyl (C=O) groups excluding carboxylic acids is 1. The third-order valence-corrected chi connectivity index (χ3v) is 5.03. The smallest absolute Gasteiger partial charge is 0.306 e. The number of pyridine rings is 1. The fourth-order valence-electron chi connectivity index (χ4n) is 2.31. The van der Waals surface area contributed by atoms with Gasteiger partial charge in [0.1, 0.15) is 11.6 Å². The number of para-hydroxylation sites is 1. The highest BCUT2D eigenvalue weighted by Crippen LogP contribution is 2.34. The number of rotatable bonds is 8. The number of nitrogens with zero attached hydrogens (tertiary/aromatic N) is 2. The van der Waals surface area contributed by atoms with E-state index in [0.29, 0.717) is 28.4 Å². The van der Waals surface area contributed by atoms with Crippen LogP contribution in [0, 0.1) is 11.6 Å². The van der Waals surface area contributed by atoms with Gasteiger partial charge in [0.2, 0.25) is 0 Å². The van der Waals surface area contributed by atoms with Gasteiger partial charge in [-0.1, -0.05) is 6.07 Å². The van der Waals surface area contributed by atoms with Crippen LogP contribution < -0.4 is 10.1 Å². The lowest BCUT2D eigenvalue weighted by Gasteiger charge is -2.11. The average molecular weight is 484 g/mol. The molecule has 29 heavy (non-hydrogen) atoms. The van der Waals surface area contributed by atoms with E-state index >= 15 is 0 Å². The molecule has 0 radical (unpaired) electrons. The zero-order valence-electron chi connectivity index (χ0n) is 15.2. The van der Waals surface area contributed by atoms with E-state index in [-0.39, 0.29) is 18.1 Å². The van der Waals surface area contributed by atoms with Crippen molar-refractivity contribution in [3.05, 3.63) is 57.6 Å². The van der Waals surface area contributed by atoms with Crippen LogP contribution in [0.5, 0.6) is 11.5 Å². The molecule has 10 heteroatoms. The van der Waals surface area contributed by atoms with Crippen LogP contribution >= 0.6 is 27.3 Å². The lowest BCUT2D eigenvalue weighted by Crippen LogP contribution is -2.05. The van der Waals surface area contributed by atoms with Crippen LogP contribution in [-0.4, -0.2) is 22.5 Å². The van der Waals surface area contributed by atoms with Gasteiger partial charge in [0.05, 0.1) is 23.2 Å². The van der Waals surface area contributed by atoms with Gasteiger partial charge in [-0.2, -0.15) is 0 Å². The molecule has 3 rings (SSSR count). The summed E-state index contributed by atoms with van der Waals surface area (Å²) in [5.41, 5.74) is 0.743. The summed E-state index contributed by atoms with van der Waals surface area (Å²) in [6, 6.07) is 4.98. The number of ether oxygens (including phenoxy) is 2. The van der Waals surface area contributed by atoms with Gasteiger partial charge in [-0.25, -0.2) is 18.7 Å². The topological polar surface area (TPSA) is 73.3 Å². The summed E-state index contributed by atoms with van der Waals surface area (Å²) < 4.78 is 38.4. The van der Waals surface area contributed by atoms with Crippen LogP contribution in [0.15, 0.2) is 40.3 Å². The lowest BCUT2D eigenvalue weighted by atomic mass is 10.2. The molecule has 0 aliphatic rings. The fraction of sp³-hybridized carbons (Fsp3) is 0.211. The van der Waals surface area contributed by atoms with Gasteiger partial charge in [0, 0.05) is 24.1 Å². The Hall–Kier alpha value is -2.59. The van der Waals surface area contributed by atoms with Crippen LogP contribution in [-0.2, 0) is 16.0 Å². The third-order valence-electron chi connectivity index (χ3n) is 3.63. The van der Waals surface area contributed by atoms with Gasteiger partial charge in [-0.05, 0) is 35.0 Å². The summed E-state index contributed by atoms with van der Waals surface area (Å²) in [7, 11) is 0. The molecule has 0 atom stereocenters. The van der Waals surface area contributed by atoms with Crippen LogP contribution in [0.3, 0.4) is 0 Å². The zero-order valence-corrected chi connectivity index (χ0v) is 17.6. The summed E-state index contributed by atoms with van der Waals surface area (Å²) in [6.07, 6.45) is 2.16. The van der Waals surface area contributed by atoms with E-state index < -0.39 is 17.4 Å². The van der Waals surface area contributed by atoms with Crippen LogP contribution in [0.4, 0.5) is 19.7 Å². The molecule has 152 valence electrons. The third kappa shape index (κ3) is 5.70. The molecule has 2 aromatic heterocycles. The van der Waals surface area contributed by atoms with Gasteiger partial charge in [0.15, 0.2) is 22.5 Å². The van der Waals surface area contributed by atoms with Crippen molar-refractivity contribution < 1.29 is 23.0 Å². The first-order chi connectivity index (χ1) is 14.0. The molecule has 0 aliphatic heterocycles. The standard InChI is InChI=1S/C19H16BrF2N3O3S/c1-2-27-17(26)7-6-11-10-29-19(24-11)25-16-8-15(12(20)9-23-16)28-18-13(21)4-3-5-14(18)22/h3-5,8-10H,2,6-7H2,1H3,(H,23,24,25).